The lowest BCUT2D eigenvalue weighted by atomic mass is 10.1. The summed E-state index contributed by atoms with van der Waals surface area (Å²) >= 11 is 6.50. The largest absolute Gasteiger partial charge is 0.493 e. The van der Waals surface area contributed by atoms with E-state index in [1.54, 1.807) is 25.3 Å². The first kappa shape index (κ1) is 30.6. The highest BCUT2D eigenvalue weighted by Gasteiger charge is 2.20. The van der Waals surface area contributed by atoms with Crippen LogP contribution in [0.25, 0.3) is 10.9 Å². The number of amides is 2. The lowest BCUT2D eigenvalue weighted by molar-refractivity contribution is -0.130. The van der Waals surface area contributed by atoms with E-state index in [0.717, 1.165) is 6.42 Å². The maximum atomic E-state index is 12.3. The van der Waals surface area contributed by atoms with Gasteiger partial charge in [0.1, 0.15) is 18.2 Å². The van der Waals surface area contributed by atoms with Gasteiger partial charge in [-0.2, -0.15) is 0 Å². The van der Waals surface area contributed by atoms with Gasteiger partial charge in [0.2, 0.25) is 5.88 Å². The van der Waals surface area contributed by atoms with Crippen LogP contribution in [0.4, 0.5) is 4.79 Å². The van der Waals surface area contributed by atoms with Gasteiger partial charge in [0, 0.05) is 31.0 Å². The monoisotopic (exact) mass is 588 g/mol. The van der Waals surface area contributed by atoms with Crippen molar-refractivity contribution in [2.24, 2.45) is 5.92 Å². The number of allylic oxidation sites excluding steroid dienone is 4. The number of hydrogen-bond acceptors (Lipinski definition) is 9. The average Bonchev–Trinajstić information content (AvgIpc) is 3.09. The minimum absolute atomic E-state index is 0.194. The molecule has 2 aliphatic heterocycles. The number of nitrogens with zero attached hydrogens (tertiary/aromatic N) is 2. The fourth-order valence-corrected chi connectivity index (χ4v) is 4.18. The van der Waals surface area contributed by atoms with Crippen molar-refractivity contribution in [3.63, 3.8) is 0 Å². The van der Waals surface area contributed by atoms with Gasteiger partial charge in [-0.05, 0) is 18.6 Å². The van der Waals surface area contributed by atoms with E-state index in [-0.39, 0.29) is 12.1 Å². The molecule has 12 heteroatoms. The Hall–Kier alpha value is -3.38. The third-order valence-electron chi connectivity index (χ3n) is 6.28. The minimum Gasteiger partial charge on any atom is -0.493 e. The molecular formula is C29H37ClN4O7. The molecule has 0 unspecified atom stereocenters. The van der Waals surface area contributed by atoms with Gasteiger partial charge in [-0.15, -0.1) is 0 Å². The summed E-state index contributed by atoms with van der Waals surface area (Å²) in [5.41, 5.74) is 1.13. The smallest absolute Gasteiger partial charge is 0.319 e. The van der Waals surface area contributed by atoms with Crippen molar-refractivity contribution in [2.45, 2.75) is 32.8 Å². The number of hydrogen-bond donors (Lipinski definition) is 2. The first-order valence-corrected chi connectivity index (χ1v) is 14.2. The van der Waals surface area contributed by atoms with Gasteiger partial charge < -0.3 is 39.1 Å². The zero-order valence-electron chi connectivity index (χ0n) is 23.6. The summed E-state index contributed by atoms with van der Waals surface area (Å²) in [7, 11) is 1.57. The van der Waals surface area contributed by atoms with Gasteiger partial charge in [0.05, 0.1) is 68.4 Å². The molecule has 2 aromatic rings. The molecule has 2 amide bonds. The topological polar surface area (TPSA) is 122 Å². The highest BCUT2D eigenvalue weighted by Crippen LogP contribution is 2.35. The molecule has 0 saturated carbocycles. The van der Waals surface area contributed by atoms with Crippen molar-refractivity contribution in [3.8, 4) is 17.4 Å². The van der Waals surface area contributed by atoms with E-state index in [1.165, 1.54) is 6.33 Å². The molecule has 1 aromatic carbocycles. The van der Waals surface area contributed by atoms with Crippen LogP contribution < -0.4 is 24.8 Å². The minimum atomic E-state index is -0.323. The Morgan fingerprint density at radius 1 is 1.07 bits per heavy atom. The van der Waals surface area contributed by atoms with Crippen molar-refractivity contribution in [1.82, 2.24) is 20.6 Å². The van der Waals surface area contributed by atoms with E-state index in [1.807, 2.05) is 26.0 Å². The Bertz CT molecular complexity index is 1280. The van der Waals surface area contributed by atoms with Crippen molar-refractivity contribution in [2.75, 3.05) is 53.3 Å². The van der Waals surface area contributed by atoms with Crippen LogP contribution >= 0.6 is 11.6 Å². The number of nitrogens with one attached hydrogen (secondary N) is 2. The molecule has 2 fully saturated rings. The fourth-order valence-electron chi connectivity index (χ4n) is 3.95. The van der Waals surface area contributed by atoms with E-state index >= 15 is 0 Å². The number of urea groups is 1. The summed E-state index contributed by atoms with van der Waals surface area (Å²) in [5.74, 6) is 2.27. The van der Waals surface area contributed by atoms with Gasteiger partial charge >= 0.3 is 6.03 Å². The SMILES string of the molecule is CC.COc1cc2c(OC3=CCC=C(NC(=O)NCC4COC4)C(Cl)=C3)ncnc2cc1OCCCOC1COC1. The van der Waals surface area contributed by atoms with Crippen molar-refractivity contribution in [1.29, 1.82) is 0 Å². The van der Waals surface area contributed by atoms with Crippen LogP contribution in [0.3, 0.4) is 0 Å². The van der Waals surface area contributed by atoms with E-state index in [9.17, 15) is 4.79 Å². The quantitative estimate of drug-likeness (QED) is 0.346. The first-order chi connectivity index (χ1) is 20.1. The number of fused-ring (bicyclic) bond motifs is 1. The fraction of sp³-hybridized carbons (Fsp3) is 0.483. The Morgan fingerprint density at radius 2 is 1.88 bits per heavy atom. The highest BCUT2D eigenvalue weighted by molar-refractivity contribution is 6.32. The average molecular weight is 589 g/mol. The molecule has 222 valence electrons. The van der Waals surface area contributed by atoms with Gasteiger partial charge in [0.25, 0.3) is 0 Å². The van der Waals surface area contributed by atoms with E-state index in [0.29, 0.717) is 103 Å². The highest BCUT2D eigenvalue weighted by atomic mass is 35.5. The molecule has 3 heterocycles. The molecule has 2 N–H and O–H groups in total. The standard InChI is InChI=1S/C27H31ClN4O7.C2H6/c1-34-24-9-20-23(10-25(24)38-7-3-6-37-19-14-36-15-19)30-16-31-26(20)39-18-4-2-5-22(21(28)8-18)32-27(33)29-11-17-12-35-13-17;1-2/h4-5,8-10,16-17,19H,2-3,6-7,11-15H2,1H3,(H2,29,32,33);1-2H3. The van der Waals surface area contributed by atoms with Gasteiger partial charge in [0.15, 0.2) is 11.5 Å². The van der Waals surface area contributed by atoms with Crippen LogP contribution in [0.15, 0.2) is 53.2 Å². The van der Waals surface area contributed by atoms with Crippen LogP contribution in [0.5, 0.6) is 17.4 Å². The maximum Gasteiger partial charge on any atom is 0.319 e. The Morgan fingerprint density at radius 3 is 2.59 bits per heavy atom. The van der Waals surface area contributed by atoms with Gasteiger partial charge in [-0.1, -0.05) is 31.5 Å². The molecule has 1 aliphatic carbocycles. The molecule has 0 spiro atoms. The number of methoxy groups -OCH3 is 1. The van der Waals surface area contributed by atoms with Crippen molar-refractivity contribution in [3.05, 3.63) is 53.2 Å². The number of halogens is 1. The molecule has 0 atom stereocenters. The molecule has 0 radical (unpaired) electrons. The number of ether oxygens (including phenoxy) is 6. The zero-order valence-corrected chi connectivity index (χ0v) is 24.4. The van der Waals surface area contributed by atoms with Crippen LogP contribution in [-0.2, 0) is 14.2 Å². The third kappa shape index (κ3) is 8.56. The normalized spacial score (nSPS) is 16.9. The molecule has 0 bridgehead atoms. The summed E-state index contributed by atoms with van der Waals surface area (Å²) in [5, 5.41) is 6.61. The van der Waals surface area contributed by atoms with Gasteiger partial charge in [-0.25, -0.2) is 14.8 Å². The van der Waals surface area contributed by atoms with Crippen molar-refractivity contribution >= 4 is 28.5 Å². The first-order valence-electron chi connectivity index (χ1n) is 13.8. The summed E-state index contributed by atoms with van der Waals surface area (Å²) in [6, 6.07) is 3.26. The summed E-state index contributed by atoms with van der Waals surface area (Å²) in [6.07, 6.45) is 8.15. The Kier molecular flexibility index (Phi) is 11.6. The Labute approximate surface area is 244 Å². The maximum absolute atomic E-state index is 12.3. The molecule has 3 aliphatic rings. The molecule has 11 nitrogen and oxygen atoms in total. The summed E-state index contributed by atoms with van der Waals surface area (Å²) < 4.78 is 33.5. The number of carbonyl (C=O) groups is 1. The summed E-state index contributed by atoms with van der Waals surface area (Å²) in [6.45, 7) is 8.26. The van der Waals surface area contributed by atoms with Crippen LogP contribution in [0.2, 0.25) is 0 Å². The second-order valence-corrected chi connectivity index (χ2v) is 9.63. The third-order valence-corrected chi connectivity index (χ3v) is 6.59. The van der Waals surface area contributed by atoms with Gasteiger partial charge in [-0.3, -0.25) is 0 Å². The Balaban J connectivity index is 0.00000189. The predicted molar refractivity (Wildman–Crippen MR) is 154 cm³/mol. The van der Waals surface area contributed by atoms with E-state index in [2.05, 4.69) is 20.6 Å². The predicted octanol–water partition coefficient (Wildman–Crippen LogP) is 4.47. The van der Waals surface area contributed by atoms with Crippen LogP contribution in [0.1, 0.15) is 26.7 Å². The number of rotatable bonds is 12. The molecular weight excluding hydrogens is 552 g/mol. The molecule has 1 aromatic heterocycles. The lowest BCUT2D eigenvalue weighted by Crippen LogP contribution is -2.43. The number of aromatic nitrogens is 2. The summed E-state index contributed by atoms with van der Waals surface area (Å²) in [4.78, 5) is 21.0. The molecule has 2 saturated heterocycles. The number of benzene rings is 1. The second-order valence-electron chi connectivity index (χ2n) is 9.22. The van der Waals surface area contributed by atoms with Crippen molar-refractivity contribution < 1.29 is 33.2 Å². The second kappa shape index (κ2) is 15.6. The molecule has 41 heavy (non-hydrogen) atoms. The zero-order chi connectivity index (χ0) is 29.0. The van der Waals surface area contributed by atoms with E-state index in [4.69, 9.17) is 40.0 Å². The lowest BCUT2D eigenvalue weighted by Gasteiger charge is -2.26. The number of carbonyl (C=O) groups excluding carboxylic acids is 1. The van der Waals surface area contributed by atoms with E-state index < -0.39 is 0 Å². The van der Waals surface area contributed by atoms with Crippen LogP contribution in [0, 0.1) is 5.92 Å². The van der Waals surface area contributed by atoms with Crippen LogP contribution in [-0.4, -0.2) is 75.4 Å². The molecule has 5 rings (SSSR count).